The van der Waals surface area contributed by atoms with Crippen molar-refractivity contribution < 1.29 is 4.92 Å². The van der Waals surface area contributed by atoms with Gasteiger partial charge in [0.1, 0.15) is 0 Å². The van der Waals surface area contributed by atoms with Gasteiger partial charge in [-0.1, -0.05) is 6.07 Å². The number of hydrogen-bond donors (Lipinski definition) is 1. The molecule has 0 aliphatic rings. The normalized spacial score (nSPS) is 12.1. The van der Waals surface area contributed by atoms with Crippen molar-refractivity contribution in [1.82, 2.24) is 4.98 Å². The number of thiophene rings is 1. The van der Waals surface area contributed by atoms with Crippen LogP contribution in [0, 0.1) is 10.1 Å². The molecule has 1 N–H and O–H groups in total. The summed E-state index contributed by atoms with van der Waals surface area (Å²) in [6.45, 7) is 2.07. The van der Waals surface area contributed by atoms with E-state index in [-0.39, 0.29) is 11.9 Å². The van der Waals surface area contributed by atoms with E-state index in [1.165, 1.54) is 17.1 Å². The highest BCUT2D eigenvalue weighted by molar-refractivity contribution is 7.09. The van der Waals surface area contributed by atoms with Gasteiger partial charge >= 0.3 is 5.82 Å². The van der Waals surface area contributed by atoms with Crippen LogP contribution >= 0.6 is 11.3 Å². The average molecular weight is 263 g/mol. The summed E-state index contributed by atoms with van der Waals surface area (Å²) in [5, 5.41) is 15.8. The van der Waals surface area contributed by atoms with E-state index >= 15 is 0 Å². The monoisotopic (exact) mass is 263 g/mol. The van der Waals surface area contributed by atoms with Crippen LogP contribution in [0.3, 0.4) is 0 Å². The third-order valence-electron chi connectivity index (χ3n) is 2.44. The van der Waals surface area contributed by atoms with Crippen LogP contribution < -0.4 is 5.32 Å². The molecule has 0 fully saturated rings. The van der Waals surface area contributed by atoms with Crippen molar-refractivity contribution in [2.45, 2.75) is 19.4 Å². The van der Waals surface area contributed by atoms with E-state index in [1.807, 2.05) is 6.07 Å². The average Bonchev–Trinajstić information content (AvgIpc) is 2.82. The third-order valence-corrected chi connectivity index (χ3v) is 3.33. The molecule has 18 heavy (non-hydrogen) atoms. The van der Waals surface area contributed by atoms with Crippen LogP contribution in [0.15, 0.2) is 35.8 Å². The first-order valence-electron chi connectivity index (χ1n) is 5.54. The van der Waals surface area contributed by atoms with E-state index in [4.69, 9.17) is 0 Å². The van der Waals surface area contributed by atoms with Crippen molar-refractivity contribution >= 4 is 22.8 Å². The second kappa shape index (κ2) is 5.59. The van der Waals surface area contributed by atoms with Crippen molar-refractivity contribution in [2.75, 3.05) is 5.32 Å². The molecule has 6 heteroatoms. The van der Waals surface area contributed by atoms with Gasteiger partial charge < -0.3 is 15.4 Å². The van der Waals surface area contributed by atoms with Crippen molar-refractivity contribution in [3.8, 4) is 0 Å². The molecule has 94 valence electrons. The Morgan fingerprint density at radius 3 is 2.89 bits per heavy atom. The quantitative estimate of drug-likeness (QED) is 0.665. The highest BCUT2D eigenvalue weighted by Gasteiger charge is 2.09. The summed E-state index contributed by atoms with van der Waals surface area (Å²) in [5.41, 5.74) is 0.796. The fourth-order valence-corrected chi connectivity index (χ4v) is 2.48. The van der Waals surface area contributed by atoms with Crippen LogP contribution in [0.1, 0.15) is 11.8 Å². The summed E-state index contributed by atoms with van der Waals surface area (Å²) < 4.78 is 0. The third kappa shape index (κ3) is 3.27. The number of nitro groups is 1. The molecule has 2 aromatic rings. The SMILES string of the molecule is CC(Cc1cccs1)Nc1ccc([N+](=O)[O-])nc1. The number of nitrogens with one attached hydrogen (secondary N) is 1. The lowest BCUT2D eigenvalue weighted by molar-refractivity contribution is -0.389. The fourth-order valence-electron chi connectivity index (χ4n) is 1.65. The Bertz CT molecular complexity index is 511. The van der Waals surface area contributed by atoms with Gasteiger partial charge in [-0.3, -0.25) is 0 Å². The van der Waals surface area contributed by atoms with E-state index in [1.54, 1.807) is 17.4 Å². The standard InChI is InChI=1S/C12H13N3O2S/c1-9(7-11-3-2-6-18-11)14-10-4-5-12(13-8-10)15(16)17/h2-6,8-9,14H,7H2,1H3. The Morgan fingerprint density at radius 1 is 1.50 bits per heavy atom. The Kier molecular flexibility index (Phi) is 3.88. The molecule has 0 amide bonds. The van der Waals surface area contributed by atoms with Crippen molar-refractivity contribution in [1.29, 1.82) is 0 Å². The molecule has 0 aliphatic heterocycles. The van der Waals surface area contributed by atoms with Crippen LogP contribution in [0.5, 0.6) is 0 Å². The van der Waals surface area contributed by atoms with Gasteiger partial charge in [-0.05, 0) is 34.3 Å². The fraction of sp³-hybridized carbons (Fsp3) is 0.250. The van der Waals surface area contributed by atoms with Crippen LogP contribution in [0.25, 0.3) is 0 Å². The molecule has 5 nitrogen and oxygen atoms in total. The first-order chi connectivity index (χ1) is 8.65. The molecule has 2 heterocycles. The molecule has 2 aromatic heterocycles. The minimum absolute atomic E-state index is 0.133. The van der Waals surface area contributed by atoms with Crippen molar-refractivity contribution in [3.05, 3.63) is 50.8 Å². The largest absolute Gasteiger partial charge is 0.379 e. The molecule has 1 unspecified atom stereocenters. The zero-order valence-electron chi connectivity index (χ0n) is 9.87. The smallest absolute Gasteiger partial charge is 0.363 e. The number of nitrogens with zero attached hydrogens (tertiary/aromatic N) is 2. The summed E-state index contributed by atoms with van der Waals surface area (Å²) in [6, 6.07) is 7.46. The number of pyridine rings is 1. The molecule has 0 saturated carbocycles. The Labute approximate surface area is 109 Å². The number of anilines is 1. The number of aromatic nitrogens is 1. The Balaban J connectivity index is 1.94. The lowest BCUT2D eigenvalue weighted by Crippen LogP contribution is -2.17. The first-order valence-corrected chi connectivity index (χ1v) is 6.42. The van der Waals surface area contributed by atoms with Crippen molar-refractivity contribution in [2.24, 2.45) is 0 Å². The molecule has 0 saturated heterocycles. The zero-order chi connectivity index (χ0) is 13.0. The van der Waals surface area contributed by atoms with E-state index < -0.39 is 4.92 Å². The second-order valence-corrected chi connectivity index (χ2v) is 5.02. The summed E-state index contributed by atoms with van der Waals surface area (Å²) in [5.74, 6) is -0.133. The first kappa shape index (κ1) is 12.5. The van der Waals surface area contributed by atoms with Crippen LogP contribution in [0.4, 0.5) is 11.5 Å². The van der Waals surface area contributed by atoms with E-state index in [2.05, 4.69) is 28.7 Å². The summed E-state index contributed by atoms with van der Waals surface area (Å²) >= 11 is 1.72. The summed E-state index contributed by atoms with van der Waals surface area (Å²) in [4.78, 5) is 15.0. The molecule has 0 aromatic carbocycles. The maximum Gasteiger partial charge on any atom is 0.363 e. The number of hydrogen-bond acceptors (Lipinski definition) is 5. The van der Waals surface area contributed by atoms with Gasteiger partial charge in [-0.2, -0.15) is 0 Å². The number of rotatable bonds is 5. The molecule has 0 bridgehead atoms. The molecule has 0 aliphatic carbocycles. The topological polar surface area (TPSA) is 68.1 Å². The second-order valence-electron chi connectivity index (χ2n) is 3.99. The Morgan fingerprint density at radius 2 is 2.33 bits per heavy atom. The van der Waals surface area contributed by atoms with Crippen LogP contribution in [0.2, 0.25) is 0 Å². The van der Waals surface area contributed by atoms with Gasteiger partial charge in [0, 0.05) is 23.4 Å². The summed E-state index contributed by atoms with van der Waals surface area (Å²) in [6.07, 6.45) is 2.41. The van der Waals surface area contributed by atoms with E-state index in [9.17, 15) is 10.1 Å². The van der Waals surface area contributed by atoms with Crippen LogP contribution in [-0.4, -0.2) is 15.9 Å². The highest BCUT2D eigenvalue weighted by Crippen LogP contribution is 2.16. The molecule has 2 rings (SSSR count). The van der Waals surface area contributed by atoms with Gasteiger partial charge in [-0.15, -0.1) is 11.3 Å². The van der Waals surface area contributed by atoms with Gasteiger partial charge in [0.25, 0.3) is 0 Å². The lowest BCUT2D eigenvalue weighted by atomic mass is 10.2. The predicted octanol–water partition coefficient (Wildman–Crippen LogP) is 3.09. The van der Waals surface area contributed by atoms with Crippen LogP contribution in [-0.2, 0) is 6.42 Å². The molecule has 1 atom stereocenters. The zero-order valence-corrected chi connectivity index (χ0v) is 10.7. The van der Waals surface area contributed by atoms with Crippen molar-refractivity contribution in [3.63, 3.8) is 0 Å². The summed E-state index contributed by atoms with van der Waals surface area (Å²) in [7, 11) is 0. The molecule has 0 spiro atoms. The predicted molar refractivity (Wildman–Crippen MR) is 72.0 cm³/mol. The molecular weight excluding hydrogens is 250 g/mol. The maximum atomic E-state index is 10.5. The molecular formula is C12H13N3O2S. The minimum Gasteiger partial charge on any atom is -0.379 e. The molecule has 0 radical (unpaired) electrons. The van der Waals surface area contributed by atoms with Gasteiger partial charge in [0.15, 0.2) is 6.20 Å². The van der Waals surface area contributed by atoms with Gasteiger partial charge in [0.05, 0.1) is 5.69 Å². The van der Waals surface area contributed by atoms with E-state index in [0.717, 1.165) is 12.1 Å². The highest BCUT2D eigenvalue weighted by atomic mass is 32.1. The maximum absolute atomic E-state index is 10.5. The Hall–Kier alpha value is -1.95. The lowest BCUT2D eigenvalue weighted by Gasteiger charge is -2.12. The minimum atomic E-state index is -0.501. The van der Waals surface area contributed by atoms with Gasteiger partial charge in [-0.25, -0.2) is 0 Å². The van der Waals surface area contributed by atoms with Gasteiger partial charge in [0.2, 0.25) is 0 Å². The van der Waals surface area contributed by atoms with E-state index in [0.29, 0.717) is 0 Å².